The molecule has 1 fully saturated rings. The second-order valence-corrected chi connectivity index (χ2v) is 4.04. The molecule has 0 radical (unpaired) electrons. The topological polar surface area (TPSA) is 97.0 Å². The van der Waals surface area contributed by atoms with Crippen LogP contribution in [0.15, 0.2) is 0 Å². The minimum atomic E-state index is -0.713. The van der Waals surface area contributed by atoms with Crippen LogP contribution in [0, 0.1) is 0 Å². The molecule has 1 heterocycles. The number of amides is 1. The minimum absolute atomic E-state index is 0.0580. The average Bonchev–Trinajstić information content (AvgIpc) is 3.05. The second kappa shape index (κ2) is 4.52. The molecular weight excluding hydrogens is 224 g/mol. The number of aromatic amines is 1. The highest BCUT2D eigenvalue weighted by Crippen LogP contribution is 2.37. The number of rotatable bonds is 4. The lowest BCUT2D eigenvalue weighted by Crippen LogP contribution is -2.39. The molecule has 1 aromatic heterocycles. The van der Waals surface area contributed by atoms with Crippen LogP contribution >= 0.6 is 0 Å². The molecular formula is C10H14N4O3. The van der Waals surface area contributed by atoms with Gasteiger partial charge < -0.3 is 10.1 Å². The number of esters is 1. The van der Waals surface area contributed by atoms with Crippen molar-refractivity contribution in [2.45, 2.75) is 31.7 Å². The number of hydrogen-bond acceptors (Lipinski definition) is 5. The van der Waals surface area contributed by atoms with Crippen molar-refractivity contribution < 1.29 is 14.3 Å². The number of ether oxygens (including phenoxy) is 1. The van der Waals surface area contributed by atoms with Crippen molar-refractivity contribution in [3.05, 3.63) is 11.6 Å². The standard InChI is InChI=1S/C10H14N4O3/c1-5(10(16)17-2)11-9(15)8-12-7(13-14-8)6-3-4-6/h5-6H,3-4H2,1-2H3,(H,11,15)(H,12,13,14)/t5-/m0/s1. The summed E-state index contributed by atoms with van der Waals surface area (Å²) in [5.41, 5.74) is 0. The van der Waals surface area contributed by atoms with E-state index in [1.165, 1.54) is 14.0 Å². The normalized spacial score (nSPS) is 16.4. The van der Waals surface area contributed by atoms with Gasteiger partial charge in [0.15, 0.2) is 0 Å². The lowest BCUT2D eigenvalue weighted by molar-refractivity contribution is -0.142. The van der Waals surface area contributed by atoms with Gasteiger partial charge in [-0.3, -0.25) is 9.89 Å². The molecule has 7 nitrogen and oxygen atoms in total. The predicted molar refractivity (Wildman–Crippen MR) is 57.3 cm³/mol. The van der Waals surface area contributed by atoms with Crippen LogP contribution in [0.2, 0.25) is 0 Å². The Hall–Kier alpha value is -1.92. The van der Waals surface area contributed by atoms with Gasteiger partial charge in [0, 0.05) is 5.92 Å². The van der Waals surface area contributed by atoms with Crippen molar-refractivity contribution >= 4 is 11.9 Å². The zero-order valence-corrected chi connectivity index (χ0v) is 9.69. The van der Waals surface area contributed by atoms with Gasteiger partial charge in [-0.15, -0.1) is 5.10 Å². The fraction of sp³-hybridized carbons (Fsp3) is 0.600. The lowest BCUT2D eigenvalue weighted by Gasteiger charge is -2.09. The predicted octanol–water partition coefficient (Wildman–Crippen LogP) is -0.0266. The molecule has 1 aliphatic carbocycles. The summed E-state index contributed by atoms with van der Waals surface area (Å²) in [4.78, 5) is 26.9. The molecule has 2 rings (SSSR count). The maximum Gasteiger partial charge on any atom is 0.328 e. The van der Waals surface area contributed by atoms with Crippen molar-refractivity contribution in [1.29, 1.82) is 0 Å². The smallest absolute Gasteiger partial charge is 0.328 e. The fourth-order valence-electron chi connectivity index (χ4n) is 1.41. The van der Waals surface area contributed by atoms with Crippen molar-refractivity contribution in [2.75, 3.05) is 7.11 Å². The molecule has 17 heavy (non-hydrogen) atoms. The number of H-pyrrole nitrogens is 1. The first kappa shape index (κ1) is 11.6. The van der Waals surface area contributed by atoms with Crippen LogP contribution in [0.4, 0.5) is 0 Å². The van der Waals surface area contributed by atoms with Gasteiger partial charge in [-0.25, -0.2) is 9.78 Å². The molecule has 0 unspecified atom stereocenters. The lowest BCUT2D eigenvalue weighted by atomic mass is 10.3. The van der Waals surface area contributed by atoms with Crippen molar-refractivity contribution in [2.24, 2.45) is 0 Å². The largest absolute Gasteiger partial charge is 0.467 e. The van der Waals surface area contributed by atoms with Crippen LogP contribution in [0.25, 0.3) is 0 Å². The molecule has 0 bridgehead atoms. The number of nitrogens with zero attached hydrogens (tertiary/aromatic N) is 2. The molecule has 1 atom stereocenters. The van der Waals surface area contributed by atoms with Crippen LogP contribution in [-0.2, 0) is 9.53 Å². The fourth-order valence-corrected chi connectivity index (χ4v) is 1.41. The summed E-state index contributed by atoms with van der Waals surface area (Å²) in [5.74, 6) is 0.216. The van der Waals surface area contributed by atoms with Gasteiger partial charge in [0.05, 0.1) is 7.11 Å². The highest BCUT2D eigenvalue weighted by molar-refractivity contribution is 5.93. The van der Waals surface area contributed by atoms with E-state index in [1.807, 2.05) is 0 Å². The van der Waals surface area contributed by atoms with Gasteiger partial charge in [-0.05, 0) is 19.8 Å². The number of carbonyl (C=O) groups excluding carboxylic acids is 2. The number of carbonyl (C=O) groups is 2. The van der Waals surface area contributed by atoms with Crippen molar-refractivity contribution in [3.8, 4) is 0 Å². The van der Waals surface area contributed by atoms with E-state index in [1.54, 1.807) is 0 Å². The Bertz CT molecular complexity index is 439. The Morgan fingerprint density at radius 3 is 2.82 bits per heavy atom. The molecule has 0 spiro atoms. The highest BCUT2D eigenvalue weighted by atomic mass is 16.5. The zero-order valence-electron chi connectivity index (χ0n) is 9.69. The van der Waals surface area contributed by atoms with Gasteiger partial charge in [-0.2, -0.15) is 0 Å². The molecule has 92 valence electrons. The van der Waals surface area contributed by atoms with E-state index in [0.717, 1.165) is 18.7 Å². The third-order valence-corrected chi connectivity index (χ3v) is 2.57. The Morgan fingerprint density at radius 1 is 1.53 bits per heavy atom. The number of aromatic nitrogens is 3. The van der Waals surface area contributed by atoms with Crippen LogP contribution < -0.4 is 5.32 Å². The van der Waals surface area contributed by atoms with Gasteiger partial charge in [0.1, 0.15) is 11.9 Å². The Kier molecular flexibility index (Phi) is 3.08. The zero-order chi connectivity index (χ0) is 12.4. The summed E-state index contributed by atoms with van der Waals surface area (Å²) in [6.45, 7) is 1.54. The molecule has 1 aliphatic rings. The number of hydrogen-bond donors (Lipinski definition) is 2. The molecule has 1 amide bonds. The summed E-state index contributed by atoms with van der Waals surface area (Å²) >= 11 is 0. The van der Waals surface area contributed by atoms with E-state index < -0.39 is 17.9 Å². The number of methoxy groups -OCH3 is 1. The molecule has 2 N–H and O–H groups in total. The average molecular weight is 238 g/mol. The summed E-state index contributed by atoms with van der Waals surface area (Å²) in [6, 6.07) is -0.713. The van der Waals surface area contributed by atoms with Gasteiger partial charge in [0.25, 0.3) is 5.91 Å². The van der Waals surface area contributed by atoms with Gasteiger partial charge in [-0.1, -0.05) is 0 Å². The maximum absolute atomic E-state index is 11.7. The van der Waals surface area contributed by atoms with Crippen molar-refractivity contribution in [1.82, 2.24) is 20.5 Å². The molecule has 1 saturated carbocycles. The first-order chi connectivity index (χ1) is 8.11. The maximum atomic E-state index is 11.7. The summed E-state index contributed by atoms with van der Waals surface area (Å²) in [5, 5.41) is 9.00. The number of nitrogens with one attached hydrogen (secondary N) is 2. The summed E-state index contributed by atoms with van der Waals surface area (Å²) < 4.78 is 4.50. The highest BCUT2D eigenvalue weighted by Gasteiger charge is 2.28. The first-order valence-corrected chi connectivity index (χ1v) is 5.42. The Morgan fingerprint density at radius 2 is 2.24 bits per heavy atom. The third-order valence-electron chi connectivity index (χ3n) is 2.57. The van der Waals surface area contributed by atoms with Crippen LogP contribution in [-0.4, -0.2) is 40.2 Å². The Balaban J connectivity index is 1.96. The molecule has 0 aliphatic heterocycles. The summed E-state index contributed by atoms with van der Waals surface area (Å²) in [6.07, 6.45) is 2.16. The molecule has 0 aromatic carbocycles. The second-order valence-electron chi connectivity index (χ2n) is 4.04. The van der Waals surface area contributed by atoms with E-state index >= 15 is 0 Å². The minimum Gasteiger partial charge on any atom is -0.467 e. The van der Waals surface area contributed by atoms with E-state index in [0.29, 0.717) is 5.92 Å². The third kappa shape index (κ3) is 2.61. The van der Waals surface area contributed by atoms with Crippen LogP contribution in [0.5, 0.6) is 0 Å². The van der Waals surface area contributed by atoms with E-state index in [4.69, 9.17) is 0 Å². The van der Waals surface area contributed by atoms with Gasteiger partial charge >= 0.3 is 5.97 Å². The van der Waals surface area contributed by atoms with Crippen molar-refractivity contribution in [3.63, 3.8) is 0 Å². The van der Waals surface area contributed by atoms with E-state index in [9.17, 15) is 9.59 Å². The van der Waals surface area contributed by atoms with Crippen LogP contribution in [0.1, 0.15) is 42.1 Å². The van der Waals surface area contributed by atoms with E-state index in [2.05, 4.69) is 25.2 Å². The van der Waals surface area contributed by atoms with E-state index in [-0.39, 0.29) is 5.82 Å². The summed E-state index contributed by atoms with van der Waals surface area (Å²) in [7, 11) is 1.27. The molecule has 0 saturated heterocycles. The molecule has 7 heteroatoms. The van der Waals surface area contributed by atoms with Gasteiger partial charge in [0.2, 0.25) is 5.82 Å². The monoisotopic (exact) mass is 238 g/mol. The Labute approximate surface area is 97.9 Å². The quantitative estimate of drug-likeness (QED) is 0.718. The molecule has 1 aromatic rings. The van der Waals surface area contributed by atoms with Crippen LogP contribution in [0.3, 0.4) is 0 Å². The SMILES string of the molecule is COC(=O)[C@H](C)NC(=O)c1n[nH]c(C2CC2)n1. The first-order valence-electron chi connectivity index (χ1n) is 5.42.